The molecule has 0 radical (unpaired) electrons. The minimum Gasteiger partial charge on any atom is -0.490 e. The lowest BCUT2D eigenvalue weighted by atomic mass is 10.2. The van der Waals surface area contributed by atoms with E-state index in [4.69, 9.17) is 24.1 Å². The lowest BCUT2D eigenvalue weighted by molar-refractivity contribution is 0.0178. The molecule has 1 rings (SSSR count). The highest BCUT2D eigenvalue weighted by atomic mass is 79.9. The summed E-state index contributed by atoms with van der Waals surface area (Å²) in [4.78, 5) is 11.1. The number of benzene rings is 1. The lowest BCUT2D eigenvalue weighted by Crippen LogP contribution is -2.13. The van der Waals surface area contributed by atoms with Crippen molar-refractivity contribution in [3.63, 3.8) is 0 Å². The fraction of sp³-hybridized carbons (Fsp3) is 0.500. The van der Waals surface area contributed by atoms with Crippen molar-refractivity contribution in [3.05, 3.63) is 28.2 Å². The molecule has 0 unspecified atom stereocenters. The van der Waals surface area contributed by atoms with Crippen LogP contribution in [0.2, 0.25) is 0 Å². The highest BCUT2D eigenvalue weighted by Crippen LogP contribution is 2.23. The van der Waals surface area contributed by atoms with E-state index in [-0.39, 0.29) is 12.2 Å². The van der Waals surface area contributed by atoms with Crippen LogP contribution in [0.3, 0.4) is 0 Å². The lowest BCUT2D eigenvalue weighted by Gasteiger charge is -2.10. The summed E-state index contributed by atoms with van der Waals surface area (Å²) in [7, 11) is 1.62. The number of hydrogen-bond donors (Lipinski definition) is 1. The molecule has 0 bridgehead atoms. The van der Waals surface area contributed by atoms with Crippen molar-refractivity contribution in [2.75, 3.05) is 46.8 Å². The first-order valence-electron chi connectivity index (χ1n) is 6.45. The number of carboxylic acid groups (broad SMARTS) is 1. The van der Waals surface area contributed by atoms with E-state index in [9.17, 15) is 4.79 Å². The molecule has 0 saturated heterocycles. The summed E-state index contributed by atoms with van der Waals surface area (Å²) >= 11 is 3.23. The van der Waals surface area contributed by atoms with Crippen molar-refractivity contribution in [2.45, 2.75) is 0 Å². The van der Waals surface area contributed by atoms with Crippen LogP contribution in [0.25, 0.3) is 0 Å². The minimum absolute atomic E-state index is 0.118. The number of methoxy groups -OCH3 is 1. The van der Waals surface area contributed by atoms with Crippen LogP contribution in [0.15, 0.2) is 22.7 Å². The zero-order valence-corrected chi connectivity index (χ0v) is 13.4. The van der Waals surface area contributed by atoms with Gasteiger partial charge in [-0.25, -0.2) is 4.79 Å². The summed E-state index contributed by atoms with van der Waals surface area (Å²) in [5.41, 5.74) is 0.118. The van der Waals surface area contributed by atoms with Gasteiger partial charge in [0.15, 0.2) is 0 Å². The first kappa shape index (κ1) is 17.9. The largest absolute Gasteiger partial charge is 0.490 e. The average Bonchev–Trinajstić information content (AvgIpc) is 2.46. The molecule has 0 aliphatic rings. The van der Waals surface area contributed by atoms with Crippen LogP contribution < -0.4 is 4.74 Å². The number of rotatable bonds is 11. The number of aromatic carboxylic acids is 1. The van der Waals surface area contributed by atoms with Gasteiger partial charge in [-0.05, 0) is 18.2 Å². The van der Waals surface area contributed by atoms with Crippen LogP contribution in [0.1, 0.15) is 10.4 Å². The molecule has 0 amide bonds. The number of carboxylic acids is 1. The highest BCUT2D eigenvalue weighted by molar-refractivity contribution is 9.10. The fourth-order valence-electron chi connectivity index (χ4n) is 1.47. The van der Waals surface area contributed by atoms with Gasteiger partial charge < -0.3 is 24.1 Å². The van der Waals surface area contributed by atoms with Gasteiger partial charge in [-0.3, -0.25) is 0 Å². The van der Waals surface area contributed by atoms with Crippen molar-refractivity contribution in [1.82, 2.24) is 0 Å². The van der Waals surface area contributed by atoms with E-state index in [1.54, 1.807) is 19.2 Å². The Bertz CT molecular complexity index is 437. The van der Waals surface area contributed by atoms with Crippen LogP contribution in [0.5, 0.6) is 5.75 Å². The zero-order valence-electron chi connectivity index (χ0n) is 11.8. The maximum Gasteiger partial charge on any atom is 0.339 e. The minimum atomic E-state index is -1.03. The molecular formula is C14H19BrO6. The molecule has 21 heavy (non-hydrogen) atoms. The van der Waals surface area contributed by atoms with Crippen molar-refractivity contribution in [3.8, 4) is 5.75 Å². The van der Waals surface area contributed by atoms with E-state index in [1.165, 1.54) is 6.07 Å². The molecule has 1 N–H and O–H groups in total. The quantitative estimate of drug-likeness (QED) is 0.608. The van der Waals surface area contributed by atoms with Gasteiger partial charge in [-0.15, -0.1) is 0 Å². The van der Waals surface area contributed by atoms with Crippen molar-refractivity contribution >= 4 is 21.9 Å². The van der Waals surface area contributed by atoms with E-state index in [1.807, 2.05) is 0 Å². The van der Waals surface area contributed by atoms with Crippen molar-refractivity contribution in [1.29, 1.82) is 0 Å². The molecule has 0 aliphatic heterocycles. The molecule has 1 aromatic rings. The molecule has 6 nitrogen and oxygen atoms in total. The Morgan fingerprint density at radius 2 is 1.71 bits per heavy atom. The molecule has 0 heterocycles. The SMILES string of the molecule is COCCOCCOCCOc1ccc(Br)cc1C(=O)O. The maximum atomic E-state index is 11.1. The second-order valence-corrected chi connectivity index (χ2v) is 4.93. The summed E-state index contributed by atoms with van der Waals surface area (Å²) < 4.78 is 21.5. The Kier molecular flexibility index (Phi) is 9.00. The van der Waals surface area contributed by atoms with E-state index >= 15 is 0 Å². The highest BCUT2D eigenvalue weighted by Gasteiger charge is 2.11. The zero-order chi connectivity index (χ0) is 15.5. The summed E-state index contributed by atoms with van der Waals surface area (Å²) in [5, 5.41) is 9.07. The van der Waals surface area contributed by atoms with Crippen LogP contribution in [-0.2, 0) is 14.2 Å². The van der Waals surface area contributed by atoms with Gasteiger partial charge in [0.25, 0.3) is 0 Å². The normalized spacial score (nSPS) is 10.6. The van der Waals surface area contributed by atoms with Crippen LogP contribution in [0, 0.1) is 0 Å². The molecule has 0 spiro atoms. The third kappa shape index (κ3) is 7.42. The Morgan fingerprint density at radius 1 is 1.10 bits per heavy atom. The third-order valence-corrected chi connectivity index (χ3v) is 2.95. The number of carbonyl (C=O) groups is 1. The Balaban J connectivity index is 2.20. The predicted octanol–water partition coefficient (Wildman–Crippen LogP) is 2.21. The third-order valence-electron chi connectivity index (χ3n) is 2.46. The summed E-state index contributed by atoms with van der Waals surface area (Å²) in [6, 6.07) is 4.84. The number of hydrogen-bond acceptors (Lipinski definition) is 5. The molecule has 7 heteroatoms. The standard InChI is InChI=1S/C14H19BrO6/c1-18-4-5-19-6-7-20-8-9-21-13-3-2-11(15)10-12(13)14(16)17/h2-3,10H,4-9H2,1H3,(H,16,17). The van der Waals surface area contributed by atoms with E-state index in [0.29, 0.717) is 43.3 Å². The van der Waals surface area contributed by atoms with Gasteiger partial charge in [0, 0.05) is 11.6 Å². The first-order chi connectivity index (χ1) is 10.1. The predicted molar refractivity (Wildman–Crippen MR) is 80.1 cm³/mol. The Hall–Kier alpha value is -1.15. The second kappa shape index (κ2) is 10.6. The van der Waals surface area contributed by atoms with Gasteiger partial charge in [-0.2, -0.15) is 0 Å². The molecule has 118 valence electrons. The van der Waals surface area contributed by atoms with Crippen molar-refractivity contribution in [2.24, 2.45) is 0 Å². The van der Waals surface area contributed by atoms with E-state index < -0.39 is 5.97 Å². The van der Waals surface area contributed by atoms with Gasteiger partial charge in [0.05, 0.1) is 33.0 Å². The second-order valence-electron chi connectivity index (χ2n) is 4.01. The summed E-state index contributed by atoms with van der Waals surface area (Å²) in [6.07, 6.45) is 0. The van der Waals surface area contributed by atoms with Crippen LogP contribution in [0.4, 0.5) is 0 Å². The van der Waals surface area contributed by atoms with E-state index in [2.05, 4.69) is 15.9 Å². The summed E-state index contributed by atoms with van der Waals surface area (Å²) in [6.45, 7) is 2.69. The molecular weight excluding hydrogens is 344 g/mol. The molecule has 1 aromatic carbocycles. The molecule has 0 fully saturated rings. The average molecular weight is 363 g/mol. The fourth-order valence-corrected chi connectivity index (χ4v) is 1.83. The van der Waals surface area contributed by atoms with Gasteiger partial charge in [-0.1, -0.05) is 15.9 Å². The van der Waals surface area contributed by atoms with Gasteiger partial charge in [0.2, 0.25) is 0 Å². The van der Waals surface area contributed by atoms with Crippen LogP contribution >= 0.6 is 15.9 Å². The Morgan fingerprint density at radius 3 is 2.33 bits per heavy atom. The first-order valence-corrected chi connectivity index (χ1v) is 7.24. The van der Waals surface area contributed by atoms with Crippen LogP contribution in [-0.4, -0.2) is 57.8 Å². The smallest absolute Gasteiger partial charge is 0.339 e. The van der Waals surface area contributed by atoms with Gasteiger partial charge >= 0.3 is 5.97 Å². The monoisotopic (exact) mass is 362 g/mol. The van der Waals surface area contributed by atoms with E-state index in [0.717, 1.165) is 0 Å². The van der Waals surface area contributed by atoms with Crippen molar-refractivity contribution < 1.29 is 28.8 Å². The number of halogens is 1. The molecule has 0 aliphatic carbocycles. The molecule has 0 saturated carbocycles. The van der Waals surface area contributed by atoms with Gasteiger partial charge in [0.1, 0.15) is 17.9 Å². The Labute approximate surface area is 132 Å². The number of ether oxygens (including phenoxy) is 4. The summed E-state index contributed by atoms with van der Waals surface area (Å²) in [5.74, 6) is -0.704. The molecule has 0 atom stereocenters. The molecule has 0 aromatic heterocycles. The maximum absolute atomic E-state index is 11.1. The topological polar surface area (TPSA) is 74.2 Å².